The van der Waals surface area contributed by atoms with Crippen molar-refractivity contribution in [2.45, 2.75) is 25.8 Å². The molecule has 3 heterocycles. The summed E-state index contributed by atoms with van der Waals surface area (Å²) in [6.45, 7) is 2.74. The van der Waals surface area contributed by atoms with E-state index in [2.05, 4.69) is 32.8 Å². The maximum atomic E-state index is 13.6. The van der Waals surface area contributed by atoms with E-state index in [1.165, 1.54) is 4.90 Å². The van der Waals surface area contributed by atoms with Crippen molar-refractivity contribution in [1.82, 2.24) is 9.97 Å². The van der Waals surface area contributed by atoms with Crippen LogP contribution in [0.15, 0.2) is 74.6 Å². The van der Waals surface area contributed by atoms with E-state index in [-0.39, 0.29) is 22.7 Å². The van der Waals surface area contributed by atoms with Crippen molar-refractivity contribution in [3.63, 3.8) is 0 Å². The number of unbranched alkanes of at least 4 members (excludes halogenated alkanes) is 1. The van der Waals surface area contributed by atoms with Crippen molar-refractivity contribution in [2.24, 2.45) is 0 Å². The van der Waals surface area contributed by atoms with Gasteiger partial charge in [0.2, 0.25) is 11.7 Å². The normalized spacial score (nSPS) is 15.2. The minimum atomic E-state index is -0.723. The molecule has 8 heteroatoms. The van der Waals surface area contributed by atoms with Crippen molar-refractivity contribution >= 4 is 38.8 Å². The topological polar surface area (TPSA) is 85.5 Å². The number of nitrogens with zero attached hydrogens (tertiary/aromatic N) is 3. The molecule has 2 aromatic carbocycles. The quantitative estimate of drug-likeness (QED) is 0.331. The first-order valence-electron chi connectivity index (χ1n) is 10.7. The number of halogens is 1. The van der Waals surface area contributed by atoms with Crippen molar-refractivity contribution in [3.8, 4) is 5.75 Å². The molecule has 5 rings (SSSR count). The summed E-state index contributed by atoms with van der Waals surface area (Å²) >= 11 is 3.41. The van der Waals surface area contributed by atoms with Crippen LogP contribution in [0.5, 0.6) is 5.75 Å². The molecule has 2 aromatic heterocycles. The third-order valence-electron chi connectivity index (χ3n) is 5.56. The molecular weight excluding hydrogens is 486 g/mol. The highest BCUT2D eigenvalue weighted by Gasteiger charge is 2.44. The van der Waals surface area contributed by atoms with Gasteiger partial charge >= 0.3 is 0 Å². The maximum absolute atomic E-state index is 13.6. The molecule has 166 valence electrons. The number of ether oxygens (including phenoxy) is 1. The Morgan fingerprint density at radius 1 is 1.09 bits per heavy atom. The lowest BCUT2D eigenvalue weighted by molar-refractivity contribution is 0.0969. The Balaban J connectivity index is 1.67. The number of carbonyl (C=O) groups excluding carboxylic acids is 1. The molecule has 0 fully saturated rings. The summed E-state index contributed by atoms with van der Waals surface area (Å²) in [5.74, 6) is 0.488. The Kier molecular flexibility index (Phi) is 5.68. The first-order valence-corrected chi connectivity index (χ1v) is 11.5. The summed E-state index contributed by atoms with van der Waals surface area (Å²) in [4.78, 5) is 37.0. The van der Waals surface area contributed by atoms with Gasteiger partial charge in [-0.2, -0.15) is 0 Å². The van der Waals surface area contributed by atoms with Crippen LogP contribution in [0.3, 0.4) is 0 Å². The van der Waals surface area contributed by atoms with Crippen LogP contribution in [0.1, 0.15) is 47.5 Å². The average molecular weight is 506 g/mol. The lowest BCUT2D eigenvalue weighted by Gasteiger charge is -2.23. The van der Waals surface area contributed by atoms with E-state index >= 15 is 0 Å². The molecule has 1 aliphatic rings. The van der Waals surface area contributed by atoms with E-state index in [0.717, 1.165) is 28.6 Å². The summed E-state index contributed by atoms with van der Waals surface area (Å²) in [6, 6.07) is 13.5. The average Bonchev–Trinajstić information content (AvgIpc) is 3.13. The van der Waals surface area contributed by atoms with E-state index in [9.17, 15) is 9.59 Å². The molecule has 0 saturated heterocycles. The number of carbonyl (C=O) groups is 1. The summed E-state index contributed by atoms with van der Waals surface area (Å²) in [5, 5.41) is 0.399. The van der Waals surface area contributed by atoms with Crippen molar-refractivity contribution in [3.05, 3.63) is 92.5 Å². The monoisotopic (exact) mass is 505 g/mol. The molecule has 1 unspecified atom stereocenters. The highest BCUT2D eigenvalue weighted by molar-refractivity contribution is 9.10. The molecule has 7 nitrogen and oxygen atoms in total. The number of anilines is 1. The number of benzene rings is 2. The van der Waals surface area contributed by atoms with Gasteiger partial charge in [-0.3, -0.25) is 14.5 Å². The second-order valence-corrected chi connectivity index (χ2v) is 8.63. The summed E-state index contributed by atoms with van der Waals surface area (Å²) in [6.07, 6.45) is 5.13. The van der Waals surface area contributed by atoms with E-state index < -0.39 is 11.9 Å². The van der Waals surface area contributed by atoms with E-state index in [4.69, 9.17) is 9.15 Å². The molecule has 0 N–H and O–H groups in total. The molecule has 0 saturated carbocycles. The van der Waals surface area contributed by atoms with Crippen LogP contribution in [0.4, 0.5) is 5.95 Å². The van der Waals surface area contributed by atoms with Gasteiger partial charge in [0.15, 0.2) is 5.43 Å². The lowest BCUT2D eigenvalue weighted by Crippen LogP contribution is -2.31. The zero-order valence-corrected chi connectivity index (χ0v) is 19.4. The minimum absolute atomic E-state index is 0.00977. The number of aromatic nitrogens is 2. The summed E-state index contributed by atoms with van der Waals surface area (Å²) in [5.41, 5.74) is 1.11. The Hall–Kier alpha value is -3.52. The first-order chi connectivity index (χ1) is 16.1. The fourth-order valence-electron chi connectivity index (χ4n) is 3.96. The van der Waals surface area contributed by atoms with Crippen LogP contribution in [0.2, 0.25) is 0 Å². The molecule has 1 amide bonds. The maximum Gasteiger partial charge on any atom is 0.297 e. The van der Waals surface area contributed by atoms with Crippen LogP contribution >= 0.6 is 15.9 Å². The van der Waals surface area contributed by atoms with Crippen molar-refractivity contribution in [1.29, 1.82) is 0 Å². The number of hydrogen-bond acceptors (Lipinski definition) is 6. The van der Waals surface area contributed by atoms with Crippen LogP contribution in [-0.4, -0.2) is 22.5 Å². The molecule has 1 aliphatic heterocycles. The Labute approximate surface area is 198 Å². The highest BCUT2D eigenvalue weighted by atomic mass is 79.9. The largest absolute Gasteiger partial charge is 0.494 e. The zero-order chi connectivity index (χ0) is 22.9. The highest BCUT2D eigenvalue weighted by Crippen LogP contribution is 2.40. The third kappa shape index (κ3) is 3.80. The number of rotatable bonds is 6. The predicted molar refractivity (Wildman–Crippen MR) is 128 cm³/mol. The number of fused-ring (bicyclic) bond motifs is 2. The van der Waals surface area contributed by atoms with Crippen LogP contribution in [0.25, 0.3) is 11.0 Å². The second-order valence-electron chi connectivity index (χ2n) is 7.71. The van der Waals surface area contributed by atoms with Gasteiger partial charge < -0.3 is 9.15 Å². The standard InChI is InChI=1S/C25H20BrN3O4/c1-2-3-13-32-17-8-5-15(6-9-17)21-20-22(30)18-14-16(26)7-10-19(18)33-23(20)24(31)29(21)25-27-11-4-12-28-25/h4-12,14,21H,2-3,13H2,1H3. The zero-order valence-electron chi connectivity index (χ0n) is 17.8. The predicted octanol–water partition coefficient (Wildman–Crippen LogP) is 5.27. The molecule has 1 atom stereocenters. The minimum Gasteiger partial charge on any atom is -0.494 e. The Morgan fingerprint density at radius 2 is 1.85 bits per heavy atom. The first kappa shape index (κ1) is 21.3. The molecule has 33 heavy (non-hydrogen) atoms. The van der Waals surface area contributed by atoms with E-state index in [1.54, 1.807) is 36.7 Å². The van der Waals surface area contributed by atoms with Gasteiger partial charge in [-0.15, -0.1) is 0 Å². The number of hydrogen-bond donors (Lipinski definition) is 0. The third-order valence-corrected chi connectivity index (χ3v) is 6.06. The summed E-state index contributed by atoms with van der Waals surface area (Å²) < 4.78 is 12.5. The van der Waals surface area contributed by atoms with Crippen LogP contribution < -0.4 is 15.1 Å². The van der Waals surface area contributed by atoms with Crippen LogP contribution in [0, 0.1) is 0 Å². The molecular formula is C25H20BrN3O4. The van der Waals surface area contributed by atoms with E-state index in [0.29, 0.717) is 17.6 Å². The van der Waals surface area contributed by atoms with Gasteiger partial charge in [0, 0.05) is 16.9 Å². The summed E-state index contributed by atoms with van der Waals surface area (Å²) in [7, 11) is 0. The second kappa shape index (κ2) is 8.78. The van der Waals surface area contributed by atoms with Crippen LogP contribution in [-0.2, 0) is 0 Å². The van der Waals surface area contributed by atoms with Gasteiger partial charge in [0.05, 0.1) is 23.6 Å². The fourth-order valence-corrected chi connectivity index (χ4v) is 4.32. The molecule has 4 aromatic rings. The van der Waals surface area contributed by atoms with Gasteiger partial charge in [0.1, 0.15) is 11.3 Å². The smallest absolute Gasteiger partial charge is 0.297 e. The SMILES string of the molecule is CCCCOc1ccc(C2c3c(oc4ccc(Br)cc4c3=O)C(=O)N2c2ncccn2)cc1. The molecule has 0 bridgehead atoms. The van der Waals surface area contributed by atoms with Crippen molar-refractivity contribution < 1.29 is 13.9 Å². The number of amides is 1. The van der Waals surface area contributed by atoms with Gasteiger partial charge in [-0.25, -0.2) is 9.97 Å². The molecule has 0 radical (unpaired) electrons. The molecule has 0 spiro atoms. The fraction of sp³-hybridized carbons (Fsp3) is 0.200. The van der Waals surface area contributed by atoms with Gasteiger partial charge in [-0.1, -0.05) is 41.4 Å². The van der Waals surface area contributed by atoms with E-state index in [1.807, 2.05) is 24.3 Å². The Morgan fingerprint density at radius 3 is 2.58 bits per heavy atom. The van der Waals surface area contributed by atoms with Gasteiger partial charge in [0.25, 0.3) is 5.91 Å². The molecule has 0 aliphatic carbocycles. The van der Waals surface area contributed by atoms with Gasteiger partial charge in [-0.05, 0) is 48.4 Å². The van der Waals surface area contributed by atoms with Crippen molar-refractivity contribution in [2.75, 3.05) is 11.5 Å². The lowest BCUT2D eigenvalue weighted by atomic mass is 9.98. The Bertz CT molecular complexity index is 1390.